The monoisotopic (exact) mass is 1040 g/mol. The molecule has 2 unspecified atom stereocenters. The third-order valence-electron chi connectivity index (χ3n) is 12.8. The Morgan fingerprint density at radius 1 is 0.544 bits per heavy atom. The number of aliphatic hydroxyl groups excluding tert-OH is 2. The topological polar surface area (TPSA) is 163 Å². The van der Waals surface area contributed by atoms with E-state index in [2.05, 4.69) is 58.2 Å². The van der Waals surface area contributed by atoms with Crippen LogP contribution in [0.15, 0.2) is 165 Å². The number of hydrogen-bond acceptors (Lipinski definition) is 9. The van der Waals surface area contributed by atoms with Gasteiger partial charge in [-0.25, -0.2) is 0 Å². The molecule has 11 heteroatoms. The number of Topliss-reactive ketones (excluding diaryl/α,β-unsaturated/α-hetero) is 4. The van der Waals surface area contributed by atoms with Gasteiger partial charge in [0.2, 0.25) is 0 Å². The number of phenols is 1. The molecule has 0 saturated heterocycles. The van der Waals surface area contributed by atoms with E-state index >= 15 is 19.2 Å². The quantitative estimate of drug-likeness (QED) is 0.0535. The normalized spacial score (nSPS) is 18.6. The summed E-state index contributed by atoms with van der Waals surface area (Å²) in [7, 11) is 0. The third kappa shape index (κ3) is 11.6. The molecule has 0 saturated carbocycles. The first-order valence-corrected chi connectivity index (χ1v) is 24.0. The fourth-order valence-electron chi connectivity index (χ4n) is 8.92. The Kier molecular flexibility index (Phi) is 17.4. The van der Waals surface area contributed by atoms with E-state index in [1.165, 1.54) is 36.4 Å². The second-order valence-electron chi connectivity index (χ2n) is 18.4. The fourth-order valence-corrected chi connectivity index (χ4v) is 9.45. The summed E-state index contributed by atoms with van der Waals surface area (Å²) < 4.78 is 1.57. The minimum atomic E-state index is -2.03. The lowest BCUT2D eigenvalue weighted by Gasteiger charge is -2.44. The highest BCUT2D eigenvalue weighted by atomic mass is 79.9. The maximum atomic E-state index is 15.5. The predicted octanol–water partition coefficient (Wildman–Crippen LogP) is 13.1. The molecule has 2 atom stereocenters. The second-order valence-corrected chi connectivity index (χ2v) is 20.3. The van der Waals surface area contributed by atoms with E-state index in [4.69, 9.17) is 0 Å². The zero-order valence-corrected chi connectivity index (χ0v) is 42.2. The van der Waals surface area contributed by atoms with E-state index < -0.39 is 85.9 Å². The van der Waals surface area contributed by atoms with Gasteiger partial charge in [0.1, 0.15) is 29.1 Å². The molecule has 0 spiro atoms. The Labute approximate surface area is 415 Å². The van der Waals surface area contributed by atoms with Gasteiger partial charge in [0.15, 0.2) is 34.7 Å². The number of carbonyl (C=O) groups is 6. The van der Waals surface area contributed by atoms with Crippen molar-refractivity contribution < 1.29 is 44.1 Å². The molecule has 3 aromatic carbocycles. The Morgan fingerprint density at radius 2 is 0.853 bits per heavy atom. The van der Waals surface area contributed by atoms with Crippen LogP contribution in [0.3, 0.4) is 0 Å². The van der Waals surface area contributed by atoms with Crippen LogP contribution in [0.25, 0.3) is 12.2 Å². The standard InChI is InChI=1S/C57H58Br2O9/c1-33(2)25-29-56(30-26-34(3)4)52(65)46(43(61)23-13-37-9-17-40(58)18-10-37)50(63)48(54(56)67)45(39-15-21-42(60)22-16-39)49-51(64)47(44(62)24-14-38-11-19-41(59)20-12-38)53(66)57(55(49)68,31-27-35(5)6)32-28-36(7)8/h9-24,45-47,60,67-68H,1,3,5,7,25-32H2,2,4,6,8H3. The molecule has 3 N–H and O–H groups in total. The summed E-state index contributed by atoms with van der Waals surface area (Å²) in [5, 5.41) is 36.6. The number of hydrogen-bond donors (Lipinski definition) is 3. The molecule has 0 amide bonds. The predicted molar refractivity (Wildman–Crippen MR) is 275 cm³/mol. The highest BCUT2D eigenvalue weighted by Gasteiger charge is 2.60. The minimum Gasteiger partial charge on any atom is -0.511 e. The summed E-state index contributed by atoms with van der Waals surface area (Å²) >= 11 is 6.79. The summed E-state index contributed by atoms with van der Waals surface area (Å²) in [6.07, 6.45) is 5.54. The van der Waals surface area contributed by atoms with Gasteiger partial charge in [-0.2, -0.15) is 0 Å². The molecule has 0 aliphatic heterocycles. The van der Waals surface area contributed by atoms with Gasteiger partial charge in [-0.15, -0.1) is 26.3 Å². The third-order valence-corrected chi connectivity index (χ3v) is 13.9. The zero-order chi connectivity index (χ0) is 50.2. The van der Waals surface area contributed by atoms with Crippen molar-refractivity contribution in [2.75, 3.05) is 0 Å². The first-order chi connectivity index (χ1) is 32.0. The van der Waals surface area contributed by atoms with Crippen LogP contribution in [0, 0.1) is 22.7 Å². The molecule has 0 aromatic heterocycles. The van der Waals surface area contributed by atoms with Gasteiger partial charge in [0.05, 0.1) is 10.8 Å². The molecule has 2 aliphatic carbocycles. The van der Waals surface area contributed by atoms with Crippen molar-refractivity contribution in [3.05, 3.63) is 182 Å². The van der Waals surface area contributed by atoms with Gasteiger partial charge in [-0.05, 0) is 144 Å². The number of phenolic OH excluding ortho intramolecular Hbond substituents is 1. The number of allylic oxidation sites excluding steroid dienone is 10. The lowest BCUT2D eigenvalue weighted by molar-refractivity contribution is -0.146. The molecule has 0 heterocycles. The van der Waals surface area contributed by atoms with Crippen molar-refractivity contribution in [3.63, 3.8) is 0 Å². The molecule has 0 radical (unpaired) electrons. The number of benzene rings is 3. The van der Waals surface area contributed by atoms with E-state index in [0.717, 1.165) is 21.1 Å². The summed E-state index contributed by atoms with van der Waals surface area (Å²) in [6.45, 7) is 23.1. The molecular formula is C57H58Br2O9. The molecule has 68 heavy (non-hydrogen) atoms. The van der Waals surface area contributed by atoms with Crippen molar-refractivity contribution in [3.8, 4) is 5.75 Å². The largest absolute Gasteiger partial charge is 0.511 e. The highest BCUT2D eigenvalue weighted by molar-refractivity contribution is 9.10. The average molecular weight is 1050 g/mol. The Balaban J connectivity index is 1.92. The summed E-state index contributed by atoms with van der Waals surface area (Å²) in [4.78, 5) is 90.8. The molecule has 5 rings (SSSR count). The van der Waals surface area contributed by atoms with Crippen molar-refractivity contribution in [1.29, 1.82) is 0 Å². The van der Waals surface area contributed by atoms with Crippen LogP contribution in [-0.4, -0.2) is 50.0 Å². The number of halogens is 2. The molecule has 9 nitrogen and oxygen atoms in total. The van der Waals surface area contributed by atoms with Gasteiger partial charge < -0.3 is 15.3 Å². The smallest absolute Gasteiger partial charge is 0.181 e. The molecular weight excluding hydrogens is 988 g/mol. The lowest BCUT2D eigenvalue weighted by Crippen LogP contribution is -2.52. The van der Waals surface area contributed by atoms with Gasteiger partial charge in [-0.1, -0.05) is 103 Å². The molecule has 354 valence electrons. The fraction of sp³-hybridized carbons (Fsp3) is 0.298. The number of carbonyl (C=O) groups excluding carboxylic acids is 6. The molecule has 2 aliphatic rings. The maximum Gasteiger partial charge on any atom is 0.181 e. The first-order valence-electron chi connectivity index (χ1n) is 22.4. The number of aromatic hydroxyl groups is 1. The van der Waals surface area contributed by atoms with Crippen molar-refractivity contribution >= 4 is 78.7 Å². The molecule has 3 aromatic rings. The van der Waals surface area contributed by atoms with Gasteiger partial charge in [-0.3, -0.25) is 28.8 Å². The number of aliphatic hydroxyl groups is 2. The van der Waals surface area contributed by atoms with Gasteiger partial charge in [0, 0.05) is 26.0 Å². The van der Waals surface area contributed by atoms with E-state index in [0.29, 0.717) is 33.4 Å². The molecule has 0 bridgehead atoms. The van der Waals surface area contributed by atoms with Crippen LogP contribution in [0.2, 0.25) is 0 Å². The van der Waals surface area contributed by atoms with Crippen molar-refractivity contribution in [2.45, 2.75) is 85.0 Å². The van der Waals surface area contributed by atoms with Crippen LogP contribution in [0.1, 0.15) is 102 Å². The zero-order valence-electron chi connectivity index (χ0n) is 39.0. The Hall–Kier alpha value is -6.04. The SMILES string of the molecule is C=C(C)CCC1(CCC(=C)C)C(=O)C(C(=O)C=Cc2ccc(Br)cc2)C(=O)C(C(C2=C(O)C(CCC(=C)C)(CCC(=C)C)C(=O)C(C(=O)C=Cc3ccc(Br)cc3)C2=O)c2ccc(O)cc2)=C1O. The van der Waals surface area contributed by atoms with Crippen LogP contribution in [-0.2, 0) is 28.8 Å². The van der Waals surface area contributed by atoms with Crippen LogP contribution in [0.4, 0.5) is 0 Å². The van der Waals surface area contributed by atoms with E-state index in [9.17, 15) is 24.9 Å². The van der Waals surface area contributed by atoms with Crippen LogP contribution in [0.5, 0.6) is 5.75 Å². The van der Waals surface area contributed by atoms with Gasteiger partial charge in [0.25, 0.3) is 0 Å². The highest BCUT2D eigenvalue weighted by Crippen LogP contribution is 2.55. The average Bonchev–Trinajstić information content (AvgIpc) is 3.28. The van der Waals surface area contributed by atoms with Crippen molar-refractivity contribution in [2.24, 2.45) is 22.7 Å². The first kappa shape index (κ1) is 52.9. The number of ketones is 6. The van der Waals surface area contributed by atoms with Crippen molar-refractivity contribution in [1.82, 2.24) is 0 Å². The van der Waals surface area contributed by atoms with E-state index in [1.54, 1.807) is 76.2 Å². The maximum absolute atomic E-state index is 15.5. The Morgan fingerprint density at radius 3 is 1.15 bits per heavy atom. The summed E-state index contributed by atoms with van der Waals surface area (Å²) in [6, 6.07) is 19.3. The van der Waals surface area contributed by atoms with Gasteiger partial charge >= 0.3 is 0 Å². The number of rotatable bonds is 21. The second kappa shape index (κ2) is 22.4. The van der Waals surface area contributed by atoms with Crippen LogP contribution >= 0.6 is 31.9 Å². The lowest BCUT2D eigenvalue weighted by atomic mass is 9.57. The molecule has 0 fully saturated rings. The minimum absolute atomic E-state index is 0.0758. The van der Waals surface area contributed by atoms with E-state index in [-0.39, 0.29) is 62.7 Å². The van der Waals surface area contributed by atoms with Crippen LogP contribution < -0.4 is 0 Å². The summed E-state index contributed by atoms with van der Waals surface area (Å²) in [5.41, 5.74) is -1.10. The summed E-state index contributed by atoms with van der Waals surface area (Å²) in [5.74, 6) is -13.2. The Bertz CT molecular complexity index is 2490. The van der Waals surface area contributed by atoms with E-state index in [1.807, 2.05) is 0 Å².